The number of rotatable bonds is 4. The Morgan fingerprint density at radius 2 is 1.74 bits per heavy atom. The number of hydrogen-bond acceptors (Lipinski definition) is 1. The Morgan fingerprint density at radius 1 is 0.947 bits per heavy atom. The van der Waals surface area contributed by atoms with Gasteiger partial charge in [0.25, 0.3) is 0 Å². The Balaban J connectivity index is 2.00. The van der Waals surface area contributed by atoms with Crippen LogP contribution in [0.15, 0.2) is 42.5 Å². The number of nitrogens with zero attached hydrogens (tertiary/aromatic N) is 1. The van der Waals surface area contributed by atoms with Gasteiger partial charge >= 0.3 is 0 Å². The fraction of sp³-hybridized carbons (Fsp3) is 0.294. The molecule has 0 aliphatic carbocycles. The second-order valence-corrected chi connectivity index (χ2v) is 5.42. The van der Waals surface area contributed by atoms with Crippen LogP contribution in [0.1, 0.15) is 12.0 Å². The van der Waals surface area contributed by atoms with Gasteiger partial charge in [0.2, 0.25) is 0 Å². The lowest BCUT2D eigenvalue weighted by Gasteiger charge is -2.09. The van der Waals surface area contributed by atoms with E-state index in [1.165, 1.54) is 33.8 Å². The van der Waals surface area contributed by atoms with Crippen molar-refractivity contribution in [2.45, 2.75) is 12.8 Å². The van der Waals surface area contributed by atoms with Crippen molar-refractivity contribution >= 4 is 21.8 Å². The highest BCUT2D eigenvalue weighted by atomic mass is 15.0. The Morgan fingerprint density at radius 3 is 2.58 bits per heavy atom. The lowest BCUT2D eigenvalue weighted by Crippen LogP contribution is -2.13. The molecule has 98 valence electrons. The molecule has 0 atom stereocenters. The molecule has 2 nitrogen and oxygen atoms in total. The summed E-state index contributed by atoms with van der Waals surface area (Å²) in [7, 11) is 4.26. The van der Waals surface area contributed by atoms with Gasteiger partial charge in [-0.15, -0.1) is 0 Å². The maximum atomic E-state index is 3.57. The molecule has 0 amide bonds. The third-order valence-corrected chi connectivity index (χ3v) is 3.68. The number of para-hydroxylation sites is 2. The number of nitrogens with one attached hydrogen (secondary N) is 1. The van der Waals surface area contributed by atoms with Gasteiger partial charge in [-0.25, -0.2) is 0 Å². The van der Waals surface area contributed by atoms with Crippen LogP contribution in [0.5, 0.6) is 0 Å². The van der Waals surface area contributed by atoms with Gasteiger partial charge in [-0.05, 0) is 45.1 Å². The first-order valence-corrected chi connectivity index (χ1v) is 6.89. The van der Waals surface area contributed by atoms with Crippen molar-refractivity contribution in [3.8, 4) is 0 Å². The summed E-state index contributed by atoms with van der Waals surface area (Å²) in [6.45, 7) is 1.14. The Bertz CT molecular complexity index is 695. The van der Waals surface area contributed by atoms with Crippen LogP contribution in [0.2, 0.25) is 0 Å². The van der Waals surface area contributed by atoms with Crippen LogP contribution in [0.25, 0.3) is 21.8 Å². The number of H-pyrrole nitrogens is 1. The second kappa shape index (κ2) is 5.06. The van der Waals surface area contributed by atoms with Gasteiger partial charge in [0.05, 0.1) is 0 Å². The summed E-state index contributed by atoms with van der Waals surface area (Å²) >= 11 is 0. The zero-order valence-electron chi connectivity index (χ0n) is 11.6. The molecule has 2 aromatic carbocycles. The van der Waals surface area contributed by atoms with Crippen molar-refractivity contribution in [3.63, 3.8) is 0 Å². The molecule has 3 aromatic rings. The lowest BCUT2D eigenvalue weighted by atomic mass is 10.1. The maximum Gasteiger partial charge on any atom is 0.0497 e. The fourth-order valence-corrected chi connectivity index (χ4v) is 2.73. The summed E-state index contributed by atoms with van der Waals surface area (Å²) in [6, 6.07) is 15.2. The summed E-state index contributed by atoms with van der Waals surface area (Å²) in [5.74, 6) is 0. The molecule has 3 rings (SSSR count). The molecule has 19 heavy (non-hydrogen) atoms. The van der Waals surface area contributed by atoms with Crippen molar-refractivity contribution in [1.29, 1.82) is 0 Å². The molecule has 1 heterocycles. The van der Waals surface area contributed by atoms with Gasteiger partial charge in [-0.3, -0.25) is 0 Å². The molecule has 1 aromatic heterocycles. The molecule has 0 saturated carbocycles. The molecule has 0 unspecified atom stereocenters. The van der Waals surface area contributed by atoms with Crippen LogP contribution < -0.4 is 0 Å². The molecule has 0 radical (unpaired) electrons. The van der Waals surface area contributed by atoms with E-state index in [1.54, 1.807) is 0 Å². The predicted octanol–water partition coefficient (Wildman–Crippen LogP) is 3.82. The predicted molar refractivity (Wildman–Crippen MR) is 82.7 cm³/mol. The van der Waals surface area contributed by atoms with Gasteiger partial charge in [-0.2, -0.15) is 0 Å². The number of aryl methyl sites for hydroxylation is 1. The van der Waals surface area contributed by atoms with Gasteiger partial charge in [0, 0.05) is 21.8 Å². The third kappa shape index (κ3) is 2.36. The first-order chi connectivity index (χ1) is 9.25. The Labute approximate surface area is 114 Å². The third-order valence-electron chi connectivity index (χ3n) is 3.68. The average molecular weight is 252 g/mol. The number of aromatic amines is 1. The van der Waals surface area contributed by atoms with Crippen molar-refractivity contribution < 1.29 is 0 Å². The number of fused-ring (bicyclic) bond motifs is 3. The van der Waals surface area contributed by atoms with Gasteiger partial charge in [-0.1, -0.05) is 36.4 Å². The molecule has 0 aliphatic heterocycles. The number of hydrogen-bond donors (Lipinski definition) is 1. The zero-order chi connectivity index (χ0) is 13.2. The minimum Gasteiger partial charge on any atom is -0.354 e. The van der Waals surface area contributed by atoms with E-state index >= 15 is 0 Å². The summed E-state index contributed by atoms with van der Waals surface area (Å²) < 4.78 is 0. The molecular formula is C17H20N2. The van der Waals surface area contributed by atoms with E-state index in [2.05, 4.69) is 66.4 Å². The van der Waals surface area contributed by atoms with Crippen molar-refractivity contribution in [3.05, 3.63) is 48.0 Å². The zero-order valence-corrected chi connectivity index (χ0v) is 11.6. The monoisotopic (exact) mass is 252 g/mol. The summed E-state index contributed by atoms with van der Waals surface area (Å²) in [4.78, 5) is 5.81. The number of benzene rings is 2. The van der Waals surface area contributed by atoms with Gasteiger partial charge in [0.15, 0.2) is 0 Å². The highest BCUT2D eigenvalue weighted by Gasteiger charge is 2.07. The standard InChI is InChI=1S/C17H20N2/c1-19(2)12-6-8-13-7-5-10-15-14-9-3-4-11-16(14)18-17(13)15/h3-5,7,9-11,18H,6,8,12H2,1-2H3. The van der Waals surface area contributed by atoms with Crippen LogP contribution >= 0.6 is 0 Å². The van der Waals surface area contributed by atoms with E-state index in [9.17, 15) is 0 Å². The minimum absolute atomic E-state index is 1.13. The van der Waals surface area contributed by atoms with E-state index in [4.69, 9.17) is 0 Å². The highest BCUT2D eigenvalue weighted by Crippen LogP contribution is 2.27. The van der Waals surface area contributed by atoms with Crippen LogP contribution in [0.3, 0.4) is 0 Å². The molecular weight excluding hydrogens is 232 g/mol. The Hall–Kier alpha value is -1.80. The van der Waals surface area contributed by atoms with E-state index in [-0.39, 0.29) is 0 Å². The molecule has 0 aliphatic rings. The van der Waals surface area contributed by atoms with E-state index in [0.717, 1.165) is 13.0 Å². The largest absolute Gasteiger partial charge is 0.354 e. The second-order valence-electron chi connectivity index (χ2n) is 5.42. The van der Waals surface area contributed by atoms with Crippen molar-refractivity contribution in [2.24, 2.45) is 0 Å². The van der Waals surface area contributed by atoms with E-state index in [1.807, 2.05) is 0 Å². The molecule has 0 saturated heterocycles. The van der Waals surface area contributed by atoms with Crippen LogP contribution in [0.4, 0.5) is 0 Å². The lowest BCUT2D eigenvalue weighted by molar-refractivity contribution is 0.400. The maximum absolute atomic E-state index is 3.57. The average Bonchev–Trinajstić information content (AvgIpc) is 2.78. The summed E-state index contributed by atoms with van der Waals surface area (Å²) in [5.41, 5.74) is 3.97. The quantitative estimate of drug-likeness (QED) is 0.748. The van der Waals surface area contributed by atoms with E-state index < -0.39 is 0 Å². The first-order valence-electron chi connectivity index (χ1n) is 6.89. The minimum atomic E-state index is 1.13. The first kappa shape index (κ1) is 12.2. The molecule has 1 N–H and O–H groups in total. The van der Waals surface area contributed by atoms with Gasteiger partial charge in [0.1, 0.15) is 0 Å². The fourth-order valence-electron chi connectivity index (χ4n) is 2.73. The molecule has 0 fully saturated rings. The van der Waals surface area contributed by atoms with Crippen molar-refractivity contribution in [2.75, 3.05) is 20.6 Å². The van der Waals surface area contributed by atoms with Crippen LogP contribution in [0, 0.1) is 0 Å². The molecule has 0 spiro atoms. The number of aromatic nitrogens is 1. The van der Waals surface area contributed by atoms with Crippen molar-refractivity contribution in [1.82, 2.24) is 9.88 Å². The molecule has 0 bridgehead atoms. The summed E-state index contributed by atoms with van der Waals surface area (Å²) in [5, 5.41) is 2.67. The Kier molecular flexibility index (Phi) is 3.26. The molecule has 2 heteroatoms. The normalized spacial score (nSPS) is 11.7. The van der Waals surface area contributed by atoms with Gasteiger partial charge < -0.3 is 9.88 Å². The van der Waals surface area contributed by atoms with E-state index in [0.29, 0.717) is 0 Å². The van der Waals surface area contributed by atoms with Crippen LogP contribution in [-0.4, -0.2) is 30.5 Å². The topological polar surface area (TPSA) is 19.0 Å². The summed E-state index contributed by atoms with van der Waals surface area (Å²) in [6.07, 6.45) is 2.32. The van der Waals surface area contributed by atoms with Crippen LogP contribution in [-0.2, 0) is 6.42 Å². The highest BCUT2D eigenvalue weighted by molar-refractivity contribution is 6.08. The smallest absolute Gasteiger partial charge is 0.0497 e. The SMILES string of the molecule is CN(C)CCCc1cccc2c1[nH]c1ccccc12.